The Morgan fingerprint density at radius 1 is 0.897 bits per heavy atom. The number of ether oxygens (including phenoxy) is 7. The lowest BCUT2D eigenvalue weighted by molar-refractivity contribution is -0.288. The standard InChI is InChI=1S/C25H30N2O12/c1-7-33-24(32)19-12(2)26-23-17(9-8-10-27(19)23)38-25-22(37-16(6)31)21(36-15(5)30)20(35-14(4)29)18(39-25)11-34-13(3)28/h8-10,18,20-22,25H,7,11H2,1-6H3/t18-,20-,21+,22-,25-/m1/s1. The van der Waals surface area contributed by atoms with Crippen molar-refractivity contribution in [1.29, 1.82) is 0 Å². The first-order valence-corrected chi connectivity index (χ1v) is 12.0. The number of pyridine rings is 1. The highest BCUT2D eigenvalue weighted by Crippen LogP contribution is 2.32. The molecule has 1 aliphatic heterocycles. The summed E-state index contributed by atoms with van der Waals surface area (Å²) in [4.78, 5) is 64.4. The summed E-state index contributed by atoms with van der Waals surface area (Å²) < 4.78 is 39.9. The van der Waals surface area contributed by atoms with Crippen LogP contribution in [0.5, 0.6) is 5.75 Å². The molecule has 14 nitrogen and oxygen atoms in total. The van der Waals surface area contributed by atoms with Crippen LogP contribution in [0.15, 0.2) is 18.3 Å². The number of nitrogens with zero attached hydrogens (tertiary/aromatic N) is 2. The number of rotatable bonds is 9. The Bertz CT molecular complexity index is 1260. The number of carbonyl (C=O) groups excluding carboxylic acids is 5. The first-order valence-electron chi connectivity index (χ1n) is 12.0. The molecule has 5 atom stereocenters. The molecule has 0 aromatic carbocycles. The molecule has 0 saturated carbocycles. The maximum atomic E-state index is 12.5. The average Bonchev–Trinajstić information content (AvgIpc) is 3.17. The Morgan fingerprint density at radius 3 is 2.10 bits per heavy atom. The third-order valence-corrected chi connectivity index (χ3v) is 5.45. The van der Waals surface area contributed by atoms with Crippen molar-refractivity contribution in [3.05, 3.63) is 29.7 Å². The number of aromatic nitrogens is 2. The molecule has 0 bridgehead atoms. The van der Waals surface area contributed by atoms with Gasteiger partial charge in [0.15, 0.2) is 29.3 Å². The Hall–Kier alpha value is -4.20. The van der Waals surface area contributed by atoms with E-state index in [9.17, 15) is 24.0 Å². The Labute approximate surface area is 223 Å². The Morgan fingerprint density at radius 2 is 1.51 bits per heavy atom. The smallest absolute Gasteiger partial charge is 0.357 e. The summed E-state index contributed by atoms with van der Waals surface area (Å²) in [5.74, 6) is -3.42. The lowest BCUT2D eigenvalue weighted by Crippen LogP contribution is -2.63. The minimum absolute atomic E-state index is 0.108. The van der Waals surface area contributed by atoms with Gasteiger partial charge < -0.3 is 33.2 Å². The summed E-state index contributed by atoms with van der Waals surface area (Å²) in [6.07, 6.45) is -5.21. The van der Waals surface area contributed by atoms with Gasteiger partial charge in [-0.05, 0) is 26.0 Å². The highest BCUT2D eigenvalue weighted by molar-refractivity contribution is 5.90. The van der Waals surface area contributed by atoms with E-state index in [2.05, 4.69) is 4.98 Å². The van der Waals surface area contributed by atoms with E-state index in [-0.39, 0.29) is 23.7 Å². The summed E-state index contributed by atoms with van der Waals surface area (Å²) in [6, 6.07) is 3.11. The number of hydrogen-bond donors (Lipinski definition) is 0. The molecular formula is C25H30N2O12. The third-order valence-electron chi connectivity index (χ3n) is 5.45. The third kappa shape index (κ3) is 7.02. The van der Waals surface area contributed by atoms with Crippen LogP contribution in [-0.2, 0) is 47.6 Å². The van der Waals surface area contributed by atoms with Crippen molar-refractivity contribution in [1.82, 2.24) is 9.38 Å². The minimum Gasteiger partial charge on any atom is -0.463 e. The fraction of sp³-hybridized carbons (Fsp3) is 0.520. The summed E-state index contributed by atoms with van der Waals surface area (Å²) in [5, 5.41) is 0. The normalized spacial score (nSPS) is 22.5. The van der Waals surface area contributed by atoms with Crippen LogP contribution in [-0.4, -0.2) is 83.2 Å². The van der Waals surface area contributed by atoms with Crippen LogP contribution in [0, 0.1) is 6.92 Å². The lowest BCUT2D eigenvalue weighted by atomic mass is 9.98. The van der Waals surface area contributed by atoms with Gasteiger partial charge >= 0.3 is 29.8 Å². The summed E-state index contributed by atoms with van der Waals surface area (Å²) in [6.45, 7) is 7.59. The molecule has 3 rings (SSSR count). The van der Waals surface area contributed by atoms with E-state index in [1.54, 1.807) is 26.1 Å². The van der Waals surface area contributed by atoms with Gasteiger partial charge in [-0.25, -0.2) is 9.78 Å². The monoisotopic (exact) mass is 550 g/mol. The van der Waals surface area contributed by atoms with Gasteiger partial charge in [0.1, 0.15) is 12.7 Å². The molecule has 0 spiro atoms. The molecule has 39 heavy (non-hydrogen) atoms. The maximum Gasteiger partial charge on any atom is 0.357 e. The second kappa shape index (κ2) is 12.6. The number of esters is 5. The van der Waals surface area contributed by atoms with Crippen LogP contribution >= 0.6 is 0 Å². The van der Waals surface area contributed by atoms with Crippen LogP contribution in [0.1, 0.15) is 50.8 Å². The predicted molar refractivity (Wildman–Crippen MR) is 128 cm³/mol. The minimum atomic E-state index is -1.46. The van der Waals surface area contributed by atoms with Crippen LogP contribution in [0.3, 0.4) is 0 Å². The quantitative estimate of drug-likeness (QED) is 0.324. The van der Waals surface area contributed by atoms with Crippen molar-refractivity contribution in [2.24, 2.45) is 0 Å². The van der Waals surface area contributed by atoms with Gasteiger partial charge in [0.2, 0.25) is 12.4 Å². The maximum absolute atomic E-state index is 12.5. The number of fused-ring (bicyclic) bond motifs is 1. The van der Waals surface area contributed by atoms with Crippen LogP contribution in [0.25, 0.3) is 5.65 Å². The van der Waals surface area contributed by atoms with Gasteiger partial charge in [0, 0.05) is 33.9 Å². The zero-order valence-corrected chi connectivity index (χ0v) is 22.3. The van der Waals surface area contributed by atoms with Gasteiger partial charge in [-0.2, -0.15) is 0 Å². The van der Waals surface area contributed by atoms with E-state index in [4.69, 9.17) is 33.2 Å². The molecule has 14 heteroatoms. The van der Waals surface area contributed by atoms with Crippen molar-refractivity contribution in [3.63, 3.8) is 0 Å². The van der Waals surface area contributed by atoms with Crippen LogP contribution in [0.4, 0.5) is 0 Å². The molecule has 3 heterocycles. The van der Waals surface area contributed by atoms with E-state index in [1.807, 2.05) is 0 Å². The molecule has 1 aliphatic rings. The van der Waals surface area contributed by atoms with Gasteiger partial charge in [0.05, 0.1) is 12.3 Å². The fourth-order valence-electron chi connectivity index (χ4n) is 4.10. The van der Waals surface area contributed by atoms with Crippen molar-refractivity contribution in [3.8, 4) is 5.75 Å². The first-order chi connectivity index (χ1) is 18.4. The largest absolute Gasteiger partial charge is 0.463 e. The zero-order valence-electron chi connectivity index (χ0n) is 22.3. The summed E-state index contributed by atoms with van der Waals surface area (Å²) in [7, 11) is 0. The highest BCUT2D eigenvalue weighted by Gasteiger charge is 2.53. The van der Waals surface area contributed by atoms with Crippen LogP contribution < -0.4 is 4.74 Å². The molecule has 2 aromatic heterocycles. The number of carbonyl (C=O) groups is 5. The Balaban J connectivity index is 2.08. The molecule has 0 amide bonds. The van der Waals surface area contributed by atoms with E-state index in [0.717, 1.165) is 20.8 Å². The van der Waals surface area contributed by atoms with Gasteiger partial charge in [-0.3, -0.25) is 23.6 Å². The fourth-order valence-corrected chi connectivity index (χ4v) is 4.10. The molecule has 0 radical (unpaired) electrons. The van der Waals surface area contributed by atoms with Crippen molar-refractivity contribution < 1.29 is 57.1 Å². The zero-order chi connectivity index (χ0) is 28.9. The summed E-state index contributed by atoms with van der Waals surface area (Å²) >= 11 is 0. The lowest BCUT2D eigenvalue weighted by Gasteiger charge is -2.43. The second-order valence-corrected chi connectivity index (χ2v) is 8.52. The topological polar surface area (TPSA) is 167 Å². The molecule has 1 fully saturated rings. The number of aryl methyl sites for hydroxylation is 1. The van der Waals surface area contributed by atoms with E-state index >= 15 is 0 Å². The Kier molecular flexibility index (Phi) is 9.46. The molecule has 0 aliphatic carbocycles. The van der Waals surface area contributed by atoms with E-state index in [0.29, 0.717) is 5.69 Å². The van der Waals surface area contributed by atoms with Crippen molar-refractivity contribution in [2.45, 2.75) is 72.2 Å². The van der Waals surface area contributed by atoms with Gasteiger partial charge in [-0.1, -0.05) is 0 Å². The molecular weight excluding hydrogens is 520 g/mol. The number of imidazole rings is 1. The van der Waals surface area contributed by atoms with Gasteiger partial charge in [0.25, 0.3) is 0 Å². The molecule has 212 valence electrons. The molecule has 2 aromatic rings. The molecule has 1 saturated heterocycles. The molecule has 0 N–H and O–H groups in total. The molecule has 0 unspecified atom stereocenters. The second-order valence-electron chi connectivity index (χ2n) is 8.52. The van der Waals surface area contributed by atoms with E-state index < -0.39 is 67.2 Å². The number of hydrogen-bond acceptors (Lipinski definition) is 13. The average molecular weight is 551 g/mol. The van der Waals surface area contributed by atoms with Crippen molar-refractivity contribution >= 4 is 35.5 Å². The van der Waals surface area contributed by atoms with Gasteiger partial charge in [-0.15, -0.1) is 0 Å². The SMILES string of the molecule is CCOC(=O)c1c(C)nc2c(O[C@@H]3O[C@H](COC(C)=O)[C@@H](OC(C)=O)[C@H](OC(C)=O)[C@H]3OC(C)=O)cccn12. The summed E-state index contributed by atoms with van der Waals surface area (Å²) in [5.41, 5.74) is 0.760. The van der Waals surface area contributed by atoms with Crippen LogP contribution in [0.2, 0.25) is 0 Å². The van der Waals surface area contributed by atoms with Crippen molar-refractivity contribution in [2.75, 3.05) is 13.2 Å². The predicted octanol–water partition coefficient (Wildman–Crippen LogP) is 1.28. The van der Waals surface area contributed by atoms with E-state index in [1.165, 1.54) is 17.4 Å². The highest BCUT2D eigenvalue weighted by atomic mass is 16.7. The first kappa shape index (κ1) is 29.4.